The van der Waals surface area contributed by atoms with Gasteiger partial charge in [0.25, 0.3) is 0 Å². The van der Waals surface area contributed by atoms with E-state index in [0.29, 0.717) is 28.6 Å². The third-order valence-corrected chi connectivity index (χ3v) is 6.17. The molecule has 3 rings (SSSR count). The van der Waals surface area contributed by atoms with Crippen LogP contribution in [0.25, 0.3) is 0 Å². The smallest absolute Gasteiger partial charge is 0.227 e. The van der Waals surface area contributed by atoms with Crippen molar-refractivity contribution in [1.82, 2.24) is 4.72 Å². The maximum Gasteiger partial charge on any atom is 0.227 e. The Morgan fingerprint density at radius 3 is 2.54 bits per heavy atom. The first-order chi connectivity index (χ1) is 12.3. The van der Waals surface area contributed by atoms with Crippen LogP contribution in [0.3, 0.4) is 0 Å². The third kappa shape index (κ3) is 4.76. The number of sulfonamides is 1. The molecule has 0 unspecified atom stereocenters. The molecule has 0 radical (unpaired) electrons. The molecule has 1 heterocycles. The average Bonchev–Trinajstić information content (AvgIpc) is 3.03. The van der Waals surface area contributed by atoms with E-state index in [-0.39, 0.29) is 18.2 Å². The van der Waals surface area contributed by atoms with Gasteiger partial charge in [0, 0.05) is 25.2 Å². The minimum atomic E-state index is -3.54. The fraction of sp³-hybridized carbons (Fsp3) is 0.278. The summed E-state index contributed by atoms with van der Waals surface area (Å²) in [6.45, 7) is 0.852. The minimum Gasteiger partial charge on any atom is -0.312 e. The van der Waals surface area contributed by atoms with Crippen molar-refractivity contribution >= 4 is 44.8 Å². The van der Waals surface area contributed by atoms with Crippen LogP contribution in [0, 0.1) is 0 Å². The number of hydrogen-bond acceptors (Lipinski definition) is 3. The molecule has 1 saturated heterocycles. The van der Waals surface area contributed by atoms with E-state index in [9.17, 15) is 13.2 Å². The summed E-state index contributed by atoms with van der Waals surface area (Å²) in [5.41, 5.74) is 2.15. The average molecular weight is 413 g/mol. The normalized spacial score (nSPS) is 14.8. The Morgan fingerprint density at radius 1 is 1.04 bits per heavy atom. The minimum absolute atomic E-state index is 0.0994. The summed E-state index contributed by atoms with van der Waals surface area (Å²) in [5.74, 6) is -0.0869. The molecule has 0 atom stereocenters. The molecule has 26 heavy (non-hydrogen) atoms. The molecule has 0 spiro atoms. The predicted octanol–water partition coefficient (Wildman–Crippen LogP) is 3.74. The lowest BCUT2D eigenvalue weighted by Gasteiger charge is -2.16. The van der Waals surface area contributed by atoms with Crippen molar-refractivity contribution in [3.8, 4) is 0 Å². The van der Waals surface area contributed by atoms with Crippen molar-refractivity contribution in [3.05, 3.63) is 63.6 Å². The first-order valence-corrected chi connectivity index (χ1v) is 10.6. The zero-order valence-electron chi connectivity index (χ0n) is 13.9. The monoisotopic (exact) mass is 412 g/mol. The summed E-state index contributed by atoms with van der Waals surface area (Å²) in [6, 6.07) is 12.1. The molecule has 0 saturated carbocycles. The highest BCUT2D eigenvalue weighted by Gasteiger charge is 2.21. The molecule has 138 valence electrons. The van der Waals surface area contributed by atoms with Crippen LogP contribution < -0.4 is 9.62 Å². The van der Waals surface area contributed by atoms with Crippen LogP contribution in [-0.4, -0.2) is 20.9 Å². The van der Waals surface area contributed by atoms with Gasteiger partial charge in [0.2, 0.25) is 15.9 Å². The summed E-state index contributed by atoms with van der Waals surface area (Å²) >= 11 is 11.8. The van der Waals surface area contributed by atoms with Crippen LogP contribution in [0.4, 0.5) is 5.69 Å². The highest BCUT2D eigenvalue weighted by molar-refractivity contribution is 7.88. The van der Waals surface area contributed by atoms with E-state index in [1.807, 2.05) is 24.3 Å². The van der Waals surface area contributed by atoms with Gasteiger partial charge in [-0.2, -0.15) is 0 Å². The summed E-state index contributed by atoms with van der Waals surface area (Å²) in [5, 5.41) is 0.705. The third-order valence-electron chi connectivity index (χ3n) is 4.13. The molecular weight excluding hydrogens is 395 g/mol. The Bertz CT molecular complexity index is 932. The van der Waals surface area contributed by atoms with E-state index >= 15 is 0 Å². The van der Waals surface area contributed by atoms with Gasteiger partial charge in [-0.05, 0) is 41.8 Å². The molecule has 1 aliphatic rings. The number of hydrogen-bond donors (Lipinski definition) is 1. The van der Waals surface area contributed by atoms with Crippen LogP contribution in [-0.2, 0) is 27.1 Å². The van der Waals surface area contributed by atoms with Crippen molar-refractivity contribution < 1.29 is 13.2 Å². The number of anilines is 1. The number of amides is 1. The van der Waals surface area contributed by atoms with Gasteiger partial charge in [-0.15, -0.1) is 0 Å². The van der Waals surface area contributed by atoms with Crippen LogP contribution in [0.5, 0.6) is 0 Å². The predicted molar refractivity (Wildman–Crippen MR) is 104 cm³/mol. The number of carbonyl (C=O) groups is 1. The van der Waals surface area contributed by atoms with Crippen molar-refractivity contribution in [2.75, 3.05) is 11.4 Å². The van der Waals surface area contributed by atoms with Gasteiger partial charge in [0.15, 0.2) is 0 Å². The van der Waals surface area contributed by atoms with Gasteiger partial charge in [-0.3, -0.25) is 4.79 Å². The lowest BCUT2D eigenvalue weighted by atomic mass is 10.2. The molecule has 1 aliphatic heterocycles. The first-order valence-electron chi connectivity index (χ1n) is 8.15. The standard InChI is InChI=1S/C18H18Cl2N2O3S/c19-16-7-6-14(10-17(16)20)12-26(24,25)21-11-13-3-1-4-15(9-13)22-8-2-5-18(22)23/h1,3-4,6-7,9-10,21H,2,5,8,11-12H2. The number of nitrogens with zero attached hydrogens (tertiary/aromatic N) is 1. The second-order valence-corrected chi connectivity index (χ2v) is 8.77. The molecule has 2 aromatic rings. The second-order valence-electron chi connectivity index (χ2n) is 6.15. The molecule has 0 aliphatic carbocycles. The SMILES string of the molecule is O=C1CCCN1c1cccc(CNS(=O)(=O)Cc2ccc(Cl)c(Cl)c2)c1. The molecular formula is C18H18Cl2N2O3S. The quantitative estimate of drug-likeness (QED) is 0.785. The number of carbonyl (C=O) groups excluding carboxylic acids is 1. The van der Waals surface area contributed by atoms with E-state index < -0.39 is 10.0 Å². The molecule has 1 amide bonds. The molecule has 5 nitrogen and oxygen atoms in total. The number of benzene rings is 2. The number of rotatable bonds is 6. The zero-order chi connectivity index (χ0) is 18.7. The van der Waals surface area contributed by atoms with Crippen molar-refractivity contribution in [1.29, 1.82) is 0 Å². The largest absolute Gasteiger partial charge is 0.312 e. The fourth-order valence-corrected chi connectivity index (χ4v) is 4.28. The summed E-state index contributed by atoms with van der Waals surface area (Å²) in [7, 11) is -3.54. The van der Waals surface area contributed by atoms with Crippen LogP contribution in [0.15, 0.2) is 42.5 Å². The molecule has 8 heteroatoms. The Labute approximate surface area is 163 Å². The van der Waals surface area contributed by atoms with Gasteiger partial charge in [-0.1, -0.05) is 41.4 Å². The maximum atomic E-state index is 12.3. The van der Waals surface area contributed by atoms with E-state index in [1.54, 1.807) is 23.1 Å². The fourth-order valence-electron chi connectivity index (χ4n) is 2.85. The van der Waals surface area contributed by atoms with Gasteiger partial charge >= 0.3 is 0 Å². The van der Waals surface area contributed by atoms with Gasteiger partial charge < -0.3 is 4.90 Å². The summed E-state index contributed by atoms with van der Waals surface area (Å²) in [4.78, 5) is 13.6. The molecule has 2 aromatic carbocycles. The number of halogens is 2. The Morgan fingerprint density at radius 2 is 1.85 bits per heavy atom. The zero-order valence-corrected chi connectivity index (χ0v) is 16.2. The van der Waals surface area contributed by atoms with E-state index in [1.165, 1.54) is 0 Å². The van der Waals surface area contributed by atoms with Crippen molar-refractivity contribution in [2.24, 2.45) is 0 Å². The lowest BCUT2D eigenvalue weighted by Crippen LogP contribution is -2.26. The second kappa shape index (κ2) is 7.96. The Kier molecular flexibility index (Phi) is 5.87. The highest BCUT2D eigenvalue weighted by atomic mass is 35.5. The van der Waals surface area contributed by atoms with Gasteiger partial charge in [-0.25, -0.2) is 13.1 Å². The number of nitrogens with one attached hydrogen (secondary N) is 1. The van der Waals surface area contributed by atoms with Crippen molar-refractivity contribution in [3.63, 3.8) is 0 Å². The lowest BCUT2D eigenvalue weighted by molar-refractivity contribution is -0.117. The highest BCUT2D eigenvalue weighted by Crippen LogP contribution is 2.24. The molecule has 0 aromatic heterocycles. The van der Waals surface area contributed by atoms with E-state index in [0.717, 1.165) is 17.7 Å². The van der Waals surface area contributed by atoms with Crippen LogP contribution in [0.2, 0.25) is 10.0 Å². The summed E-state index contributed by atoms with van der Waals surface area (Å²) in [6.07, 6.45) is 1.40. The Balaban J connectivity index is 1.66. The van der Waals surface area contributed by atoms with Crippen LogP contribution >= 0.6 is 23.2 Å². The topological polar surface area (TPSA) is 66.5 Å². The van der Waals surface area contributed by atoms with Crippen molar-refractivity contribution in [2.45, 2.75) is 25.1 Å². The Hall–Kier alpha value is -1.60. The van der Waals surface area contributed by atoms with Gasteiger partial charge in [0.05, 0.1) is 15.8 Å². The molecule has 1 fully saturated rings. The molecule has 0 bridgehead atoms. The van der Waals surface area contributed by atoms with Crippen LogP contribution in [0.1, 0.15) is 24.0 Å². The maximum absolute atomic E-state index is 12.3. The van der Waals surface area contributed by atoms with E-state index in [4.69, 9.17) is 23.2 Å². The van der Waals surface area contributed by atoms with Gasteiger partial charge in [0.1, 0.15) is 0 Å². The first kappa shape index (κ1) is 19.2. The molecule has 1 N–H and O–H groups in total. The summed E-state index contributed by atoms with van der Waals surface area (Å²) < 4.78 is 27.2. The van der Waals surface area contributed by atoms with E-state index in [2.05, 4.69) is 4.72 Å².